The minimum absolute atomic E-state index is 0.212. The SMILES string of the molecule is O=CNC[C@H]1O[C@@H](n2ccc(=O)[nH]c2=O)C[C@@H]1NC=O. The predicted octanol–water partition coefficient (Wildman–Crippen LogP) is -2.32. The summed E-state index contributed by atoms with van der Waals surface area (Å²) >= 11 is 0. The molecule has 2 heterocycles. The summed E-state index contributed by atoms with van der Waals surface area (Å²) in [6.07, 6.45) is 1.69. The number of aromatic nitrogens is 2. The summed E-state index contributed by atoms with van der Waals surface area (Å²) in [5.41, 5.74) is -1.08. The van der Waals surface area contributed by atoms with Crippen LogP contribution in [0.1, 0.15) is 12.6 Å². The third kappa shape index (κ3) is 2.94. The number of amides is 2. The maximum Gasteiger partial charge on any atom is 0.330 e. The lowest BCUT2D eigenvalue weighted by molar-refractivity contribution is -0.110. The average molecular weight is 282 g/mol. The van der Waals surface area contributed by atoms with Crippen molar-refractivity contribution in [3.05, 3.63) is 33.1 Å². The number of ether oxygens (including phenoxy) is 1. The molecular weight excluding hydrogens is 268 g/mol. The molecule has 3 N–H and O–H groups in total. The van der Waals surface area contributed by atoms with Crippen LogP contribution in [0.25, 0.3) is 0 Å². The summed E-state index contributed by atoms with van der Waals surface area (Å²) in [7, 11) is 0. The fourth-order valence-electron chi connectivity index (χ4n) is 2.17. The summed E-state index contributed by atoms with van der Waals surface area (Å²) < 4.78 is 6.87. The topological polar surface area (TPSA) is 122 Å². The van der Waals surface area contributed by atoms with Gasteiger partial charge in [0, 0.05) is 25.2 Å². The van der Waals surface area contributed by atoms with Crippen LogP contribution < -0.4 is 21.9 Å². The van der Waals surface area contributed by atoms with Crippen LogP contribution >= 0.6 is 0 Å². The van der Waals surface area contributed by atoms with Crippen LogP contribution in [0.2, 0.25) is 0 Å². The largest absolute Gasteiger partial charge is 0.356 e. The second kappa shape index (κ2) is 6.15. The minimum Gasteiger partial charge on any atom is -0.356 e. The molecule has 108 valence electrons. The van der Waals surface area contributed by atoms with Crippen LogP contribution in [0.15, 0.2) is 21.9 Å². The standard InChI is InChI=1S/C11H14N4O5/c16-5-12-4-8-7(13-6-17)3-10(20-8)15-2-1-9(18)14-11(15)19/h1-2,5-8,10H,3-4H2,(H,12,16)(H,13,17)(H,14,18,19)/t7-,8+,10+/m0/s1. The molecule has 0 bridgehead atoms. The van der Waals surface area contributed by atoms with E-state index in [-0.39, 0.29) is 12.6 Å². The van der Waals surface area contributed by atoms with E-state index in [0.29, 0.717) is 19.2 Å². The molecule has 0 saturated carbocycles. The van der Waals surface area contributed by atoms with Gasteiger partial charge in [-0.05, 0) is 0 Å². The van der Waals surface area contributed by atoms with E-state index < -0.39 is 23.6 Å². The summed E-state index contributed by atoms with van der Waals surface area (Å²) in [5, 5.41) is 5.05. The first-order valence-electron chi connectivity index (χ1n) is 5.99. The highest BCUT2D eigenvalue weighted by Crippen LogP contribution is 2.26. The van der Waals surface area contributed by atoms with Crippen LogP contribution in [-0.4, -0.2) is 41.1 Å². The lowest BCUT2D eigenvalue weighted by Crippen LogP contribution is -2.41. The smallest absolute Gasteiger partial charge is 0.330 e. The zero-order valence-electron chi connectivity index (χ0n) is 10.4. The van der Waals surface area contributed by atoms with Crippen molar-refractivity contribution in [1.82, 2.24) is 20.2 Å². The number of rotatable bonds is 6. The third-order valence-corrected chi connectivity index (χ3v) is 3.08. The van der Waals surface area contributed by atoms with E-state index in [1.807, 2.05) is 0 Å². The zero-order chi connectivity index (χ0) is 14.5. The van der Waals surface area contributed by atoms with Gasteiger partial charge in [0.25, 0.3) is 5.56 Å². The van der Waals surface area contributed by atoms with E-state index in [9.17, 15) is 19.2 Å². The highest BCUT2D eigenvalue weighted by Gasteiger charge is 2.36. The molecule has 1 aliphatic heterocycles. The average Bonchev–Trinajstić information content (AvgIpc) is 2.80. The maximum absolute atomic E-state index is 11.7. The van der Waals surface area contributed by atoms with E-state index in [2.05, 4.69) is 15.6 Å². The first kappa shape index (κ1) is 14.0. The van der Waals surface area contributed by atoms with Gasteiger partial charge >= 0.3 is 5.69 Å². The number of nitrogens with one attached hydrogen (secondary N) is 3. The number of carbonyl (C=O) groups excluding carboxylic acids is 2. The van der Waals surface area contributed by atoms with Gasteiger partial charge in [-0.3, -0.25) is 23.9 Å². The Bertz CT molecular complexity index is 595. The summed E-state index contributed by atoms with van der Waals surface area (Å²) in [5.74, 6) is 0. The third-order valence-electron chi connectivity index (χ3n) is 3.08. The van der Waals surface area contributed by atoms with Gasteiger partial charge in [0.1, 0.15) is 6.23 Å². The lowest BCUT2D eigenvalue weighted by Gasteiger charge is -2.17. The molecule has 1 saturated heterocycles. The highest BCUT2D eigenvalue weighted by atomic mass is 16.5. The van der Waals surface area contributed by atoms with Crippen molar-refractivity contribution in [2.45, 2.75) is 24.8 Å². The molecule has 9 nitrogen and oxygen atoms in total. The fourth-order valence-corrected chi connectivity index (χ4v) is 2.17. The maximum atomic E-state index is 11.7. The van der Waals surface area contributed by atoms with Gasteiger partial charge < -0.3 is 15.4 Å². The molecule has 0 spiro atoms. The Hall–Kier alpha value is -2.42. The monoisotopic (exact) mass is 282 g/mol. The zero-order valence-corrected chi connectivity index (χ0v) is 10.4. The molecule has 1 fully saturated rings. The van der Waals surface area contributed by atoms with Gasteiger partial charge in [-0.2, -0.15) is 0 Å². The van der Waals surface area contributed by atoms with Crippen molar-refractivity contribution < 1.29 is 14.3 Å². The highest BCUT2D eigenvalue weighted by molar-refractivity contribution is 5.47. The second-order valence-electron chi connectivity index (χ2n) is 4.30. The summed E-state index contributed by atoms with van der Waals surface area (Å²) in [6, 6.07) is 0.882. The molecule has 0 aromatic carbocycles. The first-order chi connectivity index (χ1) is 9.65. The Morgan fingerprint density at radius 1 is 1.40 bits per heavy atom. The Kier molecular flexibility index (Phi) is 4.31. The Labute approximate surface area is 112 Å². The van der Waals surface area contributed by atoms with Crippen LogP contribution in [-0.2, 0) is 14.3 Å². The van der Waals surface area contributed by atoms with Crippen LogP contribution in [0.3, 0.4) is 0 Å². The van der Waals surface area contributed by atoms with Crippen LogP contribution in [0, 0.1) is 0 Å². The summed E-state index contributed by atoms with van der Waals surface area (Å²) in [4.78, 5) is 45.7. The van der Waals surface area contributed by atoms with Crippen molar-refractivity contribution in [2.75, 3.05) is 6.54 Å². The van der Waals surface area contributed by atoms with Crippen LogP contribution in [0.5, 0.6) is 0 Å². The number of H-pyrrole nitrogens is 1. The van der Waals surface area contributed by atoms with Crippen molar-refractivity contribution in [3.63, 3.8) is 0 Å². The van der Waals surface area contributed by atoms with Gasteiger partial charge in [0.15, 0.2) is 0 Å². The van der Waals surface area contributed by atoms with Crippen molar-refractivity contribution in [1.29, 1.82) is 0 Å². The first-order valence-corrected chi connectivity index (χ1v) is 5.99. The molecule has 2 amide bonds. The van der Waals surface area contributed by atoms with E-state index in [1.54, 1.807) is 0 Å². The Morgan fingerprint density at radius 3 is 2.85 bits per heavy atom. The van der Waals surface area contributed by atoms with E-state index in [0.717, 1.165) is 0 Å². The molecule has 20 heavy (non-hydrogen) atoms. The second-order valence-corrected chi connectivity index (χ2v) is 4.30. The normalized spacial score (nSPS) is 25.1. The Morgan fingerprint density at radius 2 is 2.20 bits per heavy atom. The van der Waals surface area contributed by atoms with Crippen molar-refractivity contribution >= 4 is 12.8 Å². The number of nitrogens with zero attached hydrogens (tertiary/aromatic N) is 1. The van der Waals surface area contributed by atoms with Gasteiger partial charge in [0.05, 0.1) is 12.1 Å². The minimum atomic E-state index is -0.616. The van der Waals surface area contributed by atoms with Crippen LogP contribution in [0.4, 0.5) is 0 Å². The van der Waals surface area contributed by atoms with Gasteiger partial charge in [-0.1, -0.05) is 0 Å². The molecule has 0 aliphatic carbocycles. The molecule has 1 aliphatic rings. The van der Waals surface area contributed by atoms with Gasteiger partial charge in [-0.15, -0.1) is 0 Å². The van der Waals surface area contributed by atoms with E-state index >= 15 is 0 Å². The van der Waals surface area contributed by atoms with E-state index in [4.69, 9.17) is 4.74 Å². The van der Waals surface area contributed by atoms with E-state index in [1.165, 1.54) is 16.8 Å². The molecule has 3 atom stereocenters. The fraction of sp³-hybridized carbons (Fsp3) is 0.455. The molecule has 2 rings (SSSR count). The molecule has 0 radical (unpaired) electrons. The van der Waals surface area contributed by atoms with Crippen molar-refractivity contribution in [3.8, 4) is 0 Å². The molecule has 1 aromatic heterocycles. The lowest BCUT2D eigenvalue weighted by atomic mass is 10.1. The number of carbonyl (C=O) groups is 2. The molecule has 0 unspecified atom stereocenters. The Balaban J connectivity index is 2.17. The number of aromatic amines is 1. The number of hydrogen-bond donors (Lipinski definition) is 3. The molecule has 1 aromatic rings. The van der Waals surface area contributed by atoms with Gasteiger partial charge in [-0.25, -0.2) is 4.79 Å². The summed E-state index contributed by atoms with van der Waals surface area (Å²) in [6.45, 7) is 0.212. The molecular formula is C11H14N4O5. The van der Waals surface area contributed by atoms with Crippen molar-refractivity contribution in [2.24, 2.45) is 0 Å². The quantitative estimate of drug-likeness (QED) is 0.506. The number of hydrogen-bond acceptors (Lipinski definition) is 5. The molecule has 9 heteroatoms. The predicted molar refractivity (Wildman–Crippen MR) is 66.9 cm³/mol. The van der Waals surface area contributed by atoms with Gasteiger partial charge in [0.2, 0.25) is 12.8 Å².